The van der Waals surface area contributed by atoms with E-state index in [2.05, 4.69) is 26.5 Å². The lowest BCUT2D eigenvalue weighted by molar-refractivity contribution is -0.385. The van der Waals surface area contributed by atoms with Crippen molar-refractivity contribution in [1.82, 2.24) is 5.43 Å². The van der Waals surface area contributed by atoms with E-state index >= 15 is 0 Å². The summed E-state index contributed by atoms with van der Waals surface area (Å²) >= 11 is 3.03. The molecular weight excluding hydrogens is 366 g/mol. The molecule has 0 saturated heterocycles. The Hall–Kier alpha value is -2.74. The van der Waals surface area contributed by atoms with Crippen molar-refractivity contribution >= 4 is 33.7 Å². The maximum absolute atomic E-state index is 11.9. The van der Waals surface area contributed by atoms with Crippen LogP contribution in [0.3, 0.4) is 0 Å². The molecule has 0 saturated carbocycles. The van der Waals surface area contributed by atoms with E-state index in [-0.39, 0.29) is 21.5 Å². The number of aromatic hydroxyl groups is 1. The fraction of sp³-hybridized carbons (Fsp3) is 0.0667. The Morgan fingerprint density at radius 3 is 2.61 bits per heavy atom. The smallest absolute Gasteiger partial charge is 0.271 e. The number of benzene rings is 2. The fourth-order valence-corrected chi connectivity index (χ4v) is 2.20. The fourth-order valence-electron chi connectivity index (χ4n) is 1.74. The van der Waals surface area contributed by atoms with Crippen LogP contribution in [0.4, 0.5) is 5.69 Å². The lowest BCUT2D eigenvalue weighted by atomic mass is 10.1. The van der Waals surface area contributed by atoms with E-state index in [0.29, 0.717) is 5.56 Å². The summed E-state index contributed by atoms with van der Waals surface area (Å²) in [5.74, 6) is -0.630. The summed E-state index contributed by atoms with van der Waals surface area (Å²) < 4.78 is 0.165. The minimum absolute atomic E-state index is 0.107. The van der Waals surface area contributed by atoms with Crippen LogP contribution >= 0.6 is 15.9 Å². The second kappa shape index (κ2) is 7.01. The Labute approximate surface area is 139 Å². The van der Waals surface area contributed by atoms with Crippen LogP contribution in [0.25, 0.3) is 0 Å². The molecular formula is C15H12BrN3O4. The first-order valence-corrected chi connectivity index (χ1v) is 7.25. The van der Waals surface area contributed by atoms with Crippen molar-refractivity contribution in [1.29, 1.82) is 0 Å². The largest absolute Gasteiger partial charge is 0.506 e. The molecule has 118 valence electrons. The predicted molar refractivity (Wildman–Crippen MR) is 88.7 cm³/mol. The third-order valence-corrected chi connectivity index (χ3v) is 3.58. The van der Waals surface area contributed by atoms with Crippen LogP contribution < -0.4 is 5.43 Å². The molecule has 2 rings (SSSR count). The quantitative estimate of drug-likeness (QED) is 0.484. The molecule has 0 heterocycles. The molecule has 8 heteroatoms. The van der Waals surface area contributed by atoms with Gasteiger partial charge >= 0.3 is 0 Å². The molecule has 0 unspecified atom stereocenters. The van der Waals surface area contributed by atoms with Gasteiger partial charge in [-0.25, -0.2) is 5.43 Å². The average Bonchev–Trinajstić information content (AvgIpc) is 2.51. The van der Waals surface area contributed by atoms with Gasteiger partial charge in [0.25, 0.3) is 11.6 Å². The molecule has 0 aliphatic heterocycles. The first-order chi connectivity index (χ1) is 10.9. The van der Waals surface area contributed by atoms with Crippen LogP contribution in [0.15, 0.2) is 46.0 Å². The number of amides is 1. The molecule has 0 spiro atoms. The zero-order valence-corrected chi connectivity index (χ0v) is 13.6. The number of nitrogens with zero attached hydrogens (tertiary/aromatic N) is 2. The lowest BCUT2D eigenvalue weighted by Gasteiger charge is -2.03. The van der Waals surface area contributed by atoms with E-state index in [0.717, 1.165) is 17.8 Å². The van der Waals surface area contributed by atoms with Gasteiger partial charge in [0.05, 0.1) is 15.6 Å². The van der Waals surface area contributed by atoms with Gasteiger partial charge in [-0.2, -0.15) is 5.10 Å². The number of nitro groups is 1. The number of carbonyl (C=O) groups excluding carboxylic acids is 1. The van der Waals surface area contributed by atoms with Gasteiger partial charge in [0.2, 0.25) is 0 Å². The highest BCUT2D eigenvalue weighted by Gasteiger charge is 2.13. The van der Waals surface area contributed by atoms with Crippen molar-refractivity contribution in [2.45, 2.75) is 6.92 Å². The average molecular weight is 378 g/mol. The van der Waals surface area contributed by atoms with Crippen LogP contribution in [0.1, 0.15) is 21.5 Å². The zero-order chi connectivity index (χ0) is 17.0. The predicted octanol–water partition coefficient (Wildman–Crippen LogP) is 3.14. The molecule has 0 atom stereocenters. The van der Waals surface area contributed by atoms with Crippen molar-refractivity contribution < 1.29 is 14.8 Å². The lowest BCUT2D eigenvalue weighted by Crippen LogP contribution is -2.17. The summed E-state index contributed by atoms with van der Waals surface area (Å²) in [6, 6.07) is 9.23. The standard InChI is InChI=1S/C15H12BrN3O4/c1-9-2-4-10(5-3-9)15(21)18-17-8-11-6-12(19(22)23)7-13(16)14(11)20/h2-8,20H,1H3,(H,18,21)/b17-8+. The Morgan fingerprint density at radius 1 is 1.35 bits per heavy atom. The Balaban J connectivity index is 2.15. The summed E-state index contributed by atoms with van der Waals surface area (Å²) in [6.07, 6.45) is 1.14. The van der Waals surface area contributed by atoms with Gasteiger partial charge in [-0.05, 0) is 35.0 Å². The molecule has 7 nitrogen and oxygen atoms in total. The number of hydrogen-bond acceptors (Lipinski definition) is 5. The molecule has 2 aromatic carbocycles. The third-order valence-electron chi connectivity index (χ3n) is 2.97. The van der Waals surface area contributed by atoms with Gasteiger partial charge in [-0.15, -0.1) is 0 Å². The molecule has 0 aliphatic rings. The number of nitrogens with one attached hydrogen (secondary N) is 1. The first-order valence-electron chi connectivity index (χ1n) is 6.45. The van der Waals surface area contributed by atoms with Gasteiger partial charge in [0.1, 0.15) is 5.75 Å². The van der Waals surface area contributed by atoms with E-state index in [9.17, 15) is 20.0 Å². The van der Waals surface area contributed by atoms with Gasteiger partial charge in [-0.3, -0.25) is 14.9 Å². The van der Waals surface area contributed by atoms with E-state index in [1.165, 1.54) is 6.07 Å². The van der Waals surface area contributed by atoms with Crippen molar-refractivity contribution in [2.75, 3.05) is 0 Å². The number of rotatable bonds is 4. The van der Waals surface area contributed by atoms with Crippen LogP contribution in [-0.4, -0.2) is 22.2 Å². The number of phenolic OH excluding ortho intramolecular Hbond substituents is 1. The van der Waals surface area contributed by atoms with Crippen LogP contribution in [0.5, 0.6) is 5.75 Å². The molecule has 0 aromatic heterocycles. The summed E-state index contributed by atoms with van der Waals surface area (Å²) in [6.45, 7) is 1.91. The minimum Gasteiger partial charge on any atom is -0.506 e. The minimum atomic E-state index is -0.591. The summed E-state index contributed by atoms with van der Waals surface area (Å²) in [4.78, 5) is 22.1. The molecule has 0 aliphatic carbocycles. The third kappa shape index (κ3) is 4.13. The molecule has 23 heavy (non-hydrogen) atoms. The van der Waals surface area contributed by atoms with E-state index < -0.39 is 10.8 Å². The molecule has 0 bridgehead atoms. The highest BCUT2D eigenvalue weighted by Crippen LogP contribution is 2.31. The summed E-state index contributed by atoms with van der Waals surface area (Å²) in [5, 5.41) is 24.4. The molecule has 1 amide bonds. The first kappa shape index (κ1) is 16.6. The van der Waals surface area contributed by atoms with Crippen molar-refractivity contribution in [2.24, 2.45) is 5.10 Å². The van der Waals surface area contributed by atoms with Crippen LogP contribution in [-0.2, 0) is 0 Å². The Kier molecular flexibility index (Phi) is 5.07. The maximum atomic E-state index is 11.9. The van der Waals surface area contributed by atoms with E-state index in [4.69, 9.17) is 0 Å². The van der Waals surface area contributed by atoms with Crippen LogP contribution in [0, 0.1) is 17.0 Å². The number of non-ortho nitro benzene ring substituents is 1. The normalized spacial score (nSPS) is 10.7. The highest BCUT2D eigenvalue weighted by atomic mass is 79.9. The SMILES string of the molecule is Cc1ccc(C(=O)N/N=C/c2cc([N+](=O)[O-])cc(Br)c2O)cc1. The number of phenols is 1. The number of nitro benzene ring substituents is 1. The second-order valence-corrected chi connectivity index (χ2v) is 5.54. The van der Waals surface area contributed by atoms with Gasteiger partial charge in [0, 0.05) is 23.3 Å². The Morgan fingerprint density at radius 2 is 2.00 bits per heavy atom. The number of aryl methyl sites for hydroxylation is 1. The summed E-state index contributed by atoms with van der Waals surface area (Å²) in [7, 11) is 0. The Bertz CT molecular complexity index is 788. The van der Waals surface area contributed by atoms with Crippen molar-refractivity contribution in [3.63, 3.8) is 0 Å². The van der Waals surface area contributed by atoms with Gasteiger partial charge in [0.15, 0.2) is 0 Å². The monoisotopic (exact) mass is 377 g/mol. The number of halogens is 1. The van der Waals surface area contributed by atoms with Gasteiger partial charge in [-0.1, -0.05) is 17.7 Å². The van der Waals surface area contributed by atoms with Crippen molar-refractivity contribution in [3.05, 3.63) is 67.7 Å². The van der Waals surface area contributed by atoms with Crippen LogP contribution in [0.2, 0.25) is 0 Å². The molecule has 2 N–H and O–H groups in total. The number of hydrogen-bond donors (Lipinski definition) is 2. The zero-order valence-electron chi connectivity index (χ0n) is 12.0. The number of hydrazone groups is 1. The topological polar surface area (TPSA) is 105 Å². The molecule has 0 fully saturated rings. The van der Waals surface area contributed by atoms with Crippen molar-refractivity contribution in [3.8, 4) is 5.75 Å². The van der Waals surface area contributed by atoms with E-state index in [1.54, 1.807) is 24.3 Å². The maximum Gasteiger partial charge on any atom is 0.271 e. The van der Waals surface area contributed by atoms with E-state index in [1.807, 2.05) is 6.92 Å². The molecule has 2 aromatic rings. The second-order valence-electron chi connectivity index (χ2n) is 4.69. The highest BCUT2D eigenvalue weighted by molar-refractivity contribution is 9.10. The molecule has 0 radical (unpaired) electrons. The summed E-state index contributed by atoms with van der Waals surface area (Å²) in [5.41, 5.74) is 3.65. The number of carbonyl (C=O) groups is 1. The van der Waals surface area contributed by atoms with Gasteiger partial charge < -0.3 is 5.11 Å².